The molecule has 2 aromatic rings. The molecule has 1 aliphatic rings. The number of hydrogen-bond acceptors (Lipinski definition) is 5. The summed E-state index contributed by atoms with van der Waals surface area (Å²) in [6, 6.07) is 5.27. The fourth-order valence-electron chi connectivity index (χ4n) is 2.20. The molecule has 0 aliphatic heterocycles. The molecule has 1 fully saturated rings. The number of hydrogen-bond donors (Lipinski definition) is 2. The molecule has 1 aromatic heterocycles. The molecule has 1 aliphatic carbocycles. The van der Waals surface area contributed by atoms with E-state index in [0.29, 0.717) is 23.2 Å². The lowest BCUT2D eigenvalue weighted by Crippen LogP contribution is -1.93. The van der Waals surface area contributed by atoms with Gasteiger partial charge in [-0.1, -0.05) is 19.0 Å². The van der Waals surface area contributed by atoms with Gasteiger partial charge in [0.25, 0.3) is 5.89 Å². The third-order valence-corrected chi connectivity index (χ3v) is 3.49. The summed E-state index contributed by atoms with van der Waals surface area (Å²) in [5, 5.41) is 4.04. The van der Waals surface area contributed by atoms with Gasteiger partial charge in [0.2, 0.25) is 0 Å². The highest BCUT2D eigenvalue weighted by Crippen LogP contribution is 2.57. The smallest absolute Gasteiger partial charge is 0.258 e. The van der Waals surface area contributed by atoms with Gasteiger partial charge in [0, 0.05) is 22.9 Å². The predicted molar refractivity (Wildman–Crippen MR) is 69.7 cm³/mol. The minimum atomic E-state index is 0.288. The molecular formula is C13H16N4O. The first-order valence-corrected chi connectivity index (χ1v) is 5.96. The van der Waals surface area contributed by atoms with Crippen LogP contribution in [0.15, 0.2) is 22.7 Å². The summed E-state index contributed by atoms with van der Waals surface area (Å²) in [7, 11) is 0. The van der Waals surface area contributed by atoms with Gasteiger partial charge in [-0.05, 0) is 30.0 Å². The first-order chi connectivity index (χ1) is 8.45. The second-order valence-electron chi connectivity index (χ2n) is 5.59. The van der Waals surface area contributed by atoms with E-state index in [-0.39, 0.29) is 5.41 Å². The van der Waals surface area contributed by atoms with Crippen molar-refractivity contribution in [3.63, 3.8) is 0 Å². The summed E-state index contributed by atoms with van der Waals surface area (Å²) in [5.74, 6) is 1.65. The highest BCUT2D eigenvalue weighted by molar-refractivity contribution is 5.67. The van der Waals surface area contributed by atoms with Crippen molar-refractivity contribution in [3.05, 3.63) is 24.0 Å². The molecular weight excluding hydrogens is 228 g/mol. The van der Waals surface area contributed by atoms with Crippen molar-refractivity contribution in [1.82, 2.24) is 10.1 Å². The predicted octanol–water partition coefficient (Wildman–Crippen LogP) is 2.41. The Kier molecular flexibility index (Phi) is 2.14. The van der Waals surface area contributed by atoms with Gasteiger partial charge >= 0.3 is 0 Å². The number of rotatable bonds is 2. The van der Waals surface area contributed by atoms with Crippen LogP contribution >= 0.6 is 0 Å². The lowest BCUT2D eigenvalue weighted by atomic mass is 10.1. The maximum absolute atomic E-state index is 5.75. The number of nitrogens with zero attached hydrogens (tertiary/aromatic N) is 2. The molecule has 0 spiro atoms. The molecule has 18 heavy (non-hydrogen) atoms. The van der Waals surface area contributed by atoms with Crippen molar-refractivity contribution in [2.75, 3.05) is 11.5 Å². The number of nitrogens with two attached hydrogens (primary N) is 2. The van der Waals surface area contributed by atoms with Crippen LogP contribution in [-0.2, 0) is 0 Å². The summed E-state index contributed by atoms with van der Waals surface area (Å²) in [5.41, 5.74) is 13.7. The average molecular weight is 244 g/mol. The number of benzene rings is 1. The molecule has 1 unspecified atom stereocenters. The van der Waals surface area contributed by atoms with Gasteiger partial charge in [-0.3, -0.25) is 0 Å². The molecule has 94 valence electrons. The summed E-state index contributed by atoms with van der Waals surface area (Å²) >= 11 is 0. The van der Waals surface area contributed by atoms with Gasteiger partial charge in [-0.15, -0.1) is 0 Å². The Morgan fingerprint density at radius 2 is 1.83 bits per heavy atom. The Hall–Kier alpha value is -2.04. The van der Waals surface area contributed by atoms with E-state index in [1.165, 1.54) is 0 Å². The van der Waals surface area contributed by atoms with Crippen molar-refractivity contribution < 1.29 is 4.52 Å². The van der Waals surface area contributed by atoms with Crippen LogP contribution in [0.1, 0.15) is 32.0 Å². The fraction of sp³-hybridized carbons (Fsp3) is 0.385. The van der Waals surface area contributed by atoms with Crippen molar-refractivity contribution in [1.29, 1.82) is 0 Å². The summed E-state index contributed by atoms with van der Waals surface area (Å²) in [4.78, 5) is 4.43. The zero-order valence-electron chi connectivity index (χ0n) is 10.5. The molecule has 0 radical (unpaired) electrons. The minimum absolute atomic E-state index is 0.288. The van der Waals surface area contributed by atoms with E-state index in [0.717, 1.165) is 17.8 Å². The minimum Gasteiger partial charge on any atom is -0.399 e. The molecule has 5 heteroatoms. The molecule has 1 saturated carbocycles. The lowest BCUT2D eigenvalue weighted by molar-refractivity contribution is 0.419. The second-order valence-corrected chi connectivity index (χ2v) is 5.59. The van der Waals surface area contributed by atoms with E-state index in [4.69, 9.17) is 16.0 Å². The van der Waals surface area contributed by atoms with Crippen LogP contribution in [0.25, 0.3) is 11.5 Å². The summed E-state index contributed by atoms with van der Waals surface area (Å²) in [6.07, 6.45) is 1.10. The molecule has 5 nitrogen and oxygen atoms in total. The average Bonchev–Trinajstić information content (AvgIpc) is 2.75. The van der Waals surface area contributed by atoms with Gasteiger partial charge in [0.15, 0.2) is 5.82 Å². The first-order valence-electron chi connectivity index (χ1n) is 5.96. The second kappa shape index (κ2) is 3.48. The molecule has 1 heterocycles. The zero-order chi connectivity index (χ0) is 12.9. The molecule has 1 aromatic carbocycles. The maximum atomic E-state index is 5.75. The third-order valence-electron chi connectivity index (χ3n) is 3.49. The summed E-state index contributed by atoms with van der Waals surface area (Å²) in [6.45, 7) is 4.40. The van der Waals surface area contributed by atoms with Crippen LogP contribution in [0, 0.1) is 5.41 Å². The molecule has 3 rings (SSSR count). The van der Waals surface area contributed by atoms with E-state index in [2.05, 4.69) is 24.0 Å². The first kappa shape index (κ1) is 11.1. The topological polar surface area (TPSA) is 91.0 Å². The Morgan fingerprint density at radius 3 is 2.39 bits per heavy atom. The molecule has 1 atom stereocenters. The Balaban J connectivity index is 1.93. The molecule has 0 saturated heterocycles. The van der Waals surface area contributed by atoms with Crippen molar-refractivity contribution in [2.45, 2.75) is 26.2 Å². The van der Waals surface area contributed by atoms with Gasteiger partial charge in [-0.2, -0.15) is 4.98 Å². The van der Waals surface area contributed by atoms with E-state index in [1.807, 2.05) is 0 Å². The van der Waals surface area contributed by atoms with Gasteiger partial charge in [-0.25, -0.2) is 0 Å². The SMILES string of the molecule is CC1(C)CC1c1noc(-c2cc(N)cc(N)c2)n1. The van der Waals surface area contributed by atoms with Crippen LogP contribution < -0.4 is 11.5 Å². The third kappa shape index (κ3) is 1.81. The fourth-order valence-corrected chi connectivity index (χ4v) is 2.20. The monoisotopic (exact) mass is 244 g/mol. The van der Waals surface area contributed by atoms with Crippen LogP contribution in [0.3, 0.4) is 0 Å². The summed E-state index contributed by atoms with van der Waals surface area (Å²) < 4.78 is 5.28. The van der Waals surface area contributed by atoms with E-state index in [1.54, 1.807) is 18.2 Å². The van der Waals surface area contributed by atoms with Crippen LogP contribution in [0.5, 0.6) is 0 Å². The van der Waals surface area contributed by atoms with Crippen LogP contribution in [0.4, 0.5) is 11.4 Å². The Morgan fingerprint density at radius 1 is 1.22 bits per heavy atom. The largest absolute Gasteiger partial charge is 0.399 e. The van der Waals surface area contributed by atoms with Gasteiger partial charge < -0.3 is 16.0 Å². The molecule has 0 bridgehead atoms. The number of aromatic nitrogens is 2. The van der Waals surface area contributed by atoms with Crippen molar-refractivity contribution in [3.8, 4) is 11.5 Å². The van der Waals surface area contributed by atoms with E-state index < -0.39 is 0 Å². The Bertz CT molecular complexity index is 583. The lowest BCUT2D eigenvalue weighted by Gasteiger charge is -1.99. The standard InChI is InChI=1S/C13H16N4O/c1-13(2)6-10(13)11-16-12(18-17-11)7-3-8(14)5-9(15)4-7/h3-5,10H,6,14-15H2,1-2H3. The van der Waals surface area contributed by atoms with Gasteiger partial charge in [0.05, 0.1) is 0 Å². The quantitative estimate of drug-likeness (QED) is 0.791. The Labute approximate surface area is 105 Å². The maximum Gasteiger partial charge on any atom is 0.258 e. The highest BCUT2D eigenvalue weighted by Gasteiger charge is 2.49. The highest BCUT2D eigenvalue weighted by atomic mass is 16.5. The number of nitrogen functional groups attached to an aromatic ring is 2. The van der Waals surface area contributed by atoms with Crippen molar-refractivity contribution >= 4 is 11.4 Å². The van der Waals surface area contributed by atoms with Crippen molar-refractivity contribution in [2.24, 2.45) is 5.41 Å². The van der Waals surface area contributed by atoms with E-state index in [9.17, 15) is 0 Å². The zero-order valence-corrected chi connectivity index (χ0v) is 10.5. The van der Waals surface area contributed by atoms with Crippen LogP contribution in [0.2, 0.25) is 0 Å². The van der Waals surface area contributed by atoms with E-state index >= 15 is 0 Å². The van der Waals surface area contributed by atoms with Crippen LogP contribution in [-0.4, -0.2) is 10.1 Å². The molecule has 0 amide bonds. The molecule has 4 N–H and O–H groups in total. The number of anilines is 2. The normalized spacial score (nSPS) is 20.9. The van der Waals surface area contributed by atoms with Gasteiger partial charge in [0.1, 0.15) is 0 Å².